The van der Waals surface area contributed by atoms with Crippen LogP contribution in [0.5, 0.6) is 0 Å². The second kappa shape index (κ2) is 3.62. The Morgan fingerprint density at radius 1 is 1.44 bits per heavy atom. The van der Waals surface area contributed by atoms with Crippen LogP contribution in [0.25, 0.3) is 0 Å². The number of amides is 1. The quantitative estimate of drug-likeness (QED) is 0.686. The first-order chi connectivity index (χ1) is 7.32. The first kappa shape index (κ1) is 11.7. The second-order valence-corrected chi connectivity index (χ2v) is 6.06. The third-order valence-corrected chi connectivity index (χ3v) is 3.61. The summed E-state index contributed by atoms with van der Waals surface area (Å²) in [6, 6.07) is 0.197. The van der Waals surface area contributed by atoms with Gasteiger partial charge in [0.1, 0.15) is 5.60 Å². The van der Waals surface area contributed by atoms with Crippen molar-refractivity contribution in [1.29, 1.82) is 0 Å². The van der Waals surface area contributed by atoms with Gasteiger partial charge in [-0.05, 0) is 46.5 Å². The molecule has 0 aromatic heterocycles. The molecule has 1 aliphatic heterocycles. The van der Waals surface area contributed by atoms with E-state index < -0.39 is 5.60 Å². The van der Waals surface area contributed by atoms with Gasteiger partial charge in [0.25, 0.3) is 0 Å². The lowest BCUT2D eigenvalue weighted by Gasteiger charge is -2.30. The van der Waals surface area contributed by atoms with E-state index in [1.165, 1.54) is 0 Å². The highest BCUT2D eigenvalue weighted by Crippen LogP contribution is 2.40. The Kier molecular flexibility index (Phi) is 2.65. The monoisotopic (exact) mass is 226 g/mol. The first-order valence-corrected chi connectivity index (χ1v) is 6.10. The molecule has 0 unspecified atom stereocenters. The molecule has 4 heteroatoms. The summed E-state index contributed by atoms with van der Waals surface area (Å²) in [6.07, 6.45) is 3.90. The topological polar surface area (TPSA) is 55.6 Å². The second-order valence-electron chi connectivity index (χ2n) is 6.06. The molecule has 1 saturated heterocycles. The average Bonchev–Trinajstić information content (AvgIpc) is 2.56. The van der Waals surface area contributed by atoms with Gasteiger partial charge in [-0.25, -0.2) is 4.79 Å². The van der Waals surface area contributed by atoms with E-state index in [-0.39, 0.29) is 17.7 Å². The standard InChI is InChI=1S/C12H22N2O2/c1-11(2,3)16-10(15)14-8-7-12(13)6-4-5-9(12)14/h9H,4-8,13H2,1-3H3/t9-,12+/m0/s1. The molecule has 1 aliphatic carbocycles. The number of hydrogen-bond donors (Lipinski definition) is 1. The molecule has 92 valence electrons. The molecule has 0 radical (unpaired) electrons. The van der Waals surface area contributed by atoms with Crippen LogP contribution in [-0.4, -0.2) is 34.7 Å². The maximum absolute atomic E-state index is 12.0. The minimum Gasteiger partial charge on any atom is -0.444 e. The molecule has 16 heavy (non-hydrogen) atoms. The van der Waals surface area contributed by atoms with Crippen molar-refractivity contribution in [3.63, 3.8) is 0 Å². The van der Waals surface area contributed by atoms with Gasteiger partial charge >= 0.3 is 6.09 Å². The van der Waals surface area contributed by atoms with E-state index in [0.29, 0.717) is 0 Å². The maximum atomic E-state index is 12.0. The first-order valence-electron chi connectivity index (χ1n) is 6.10. The van der Waals surface area contributed by atoms with E-state index in [1.807, 2.05) is 25.7 Å². The summed E-state index contributed by atoms with van der Waals surface area (Å²) in [5, 5.41) is 0. The van der Waals surface area contributed by atoms with Crippen LogP contribution in [0.3, 0.4) is 0 Å². The number of carbonyl (C=O) groups excluding carboxylic acids is 1. The molecule has 4 nitrogen and oxygen atoms in total. The third kappa shape index (κ3) is 2.03. The molecule has 0 aromatic carbocycles. The number of nitrogens with zero attached hydrogens (tertiary/aromatic N) is 1. The number of ether oxygens (including phenoxy) is 1. The molecule has 0 aromatic rings. The van der Waals surface area contributed by atoms with Crippen LogP contribution in [0.2, 0.25) is 0 Å². The zero-order valence-corrected chi connectivity index (χ0v) is 10.5. The molecule has 2 N–H and O–H groups in total. The van der Waals surface area contributed by atoms with Crippen LogP contribution in [0.4, 0.5) is 4.79 Å². The van der Waals surface area contributed by atoms with Crippen LogP contribution >= 0.6 is 0 Å². The van der Waals surface area contributed by atoms with Gasteiger partial charge < -0.3 is 15.4 Å². The fourth-order valence-corrected chi connectivity index (χ4v) is 2.86. The van der Waals surface area contributed by atoms with E-state index in [4.69, 9.17) is 10.5 Å². The number of rotatable bonds is 0. The van der Waals surface area contributed by atoms with Gasteiger partial charge in [-0.3, -0.25) is 0 Å². The summed E-state index contributed by atoms with van der Waals surface area (Å²) in [5.74, 6) is 0. The van der Waals surface area contributed by atoms with Gasteiger partial charge in [-0.1, -0.05) is 0 Å². The average molecular weight is 226 g/mol. The Balaban J connectivity index is 2.04. The van der Waals surface area contributed by atoms with E-state index >= 15 is 0 Å². The smallest absolute Gasteiger partial charge is 0.410 e. The predicted molar refractivity (Wildman–Crippen MR) is 62.1 cm³/mol. The lowest BCUT2D eigenvalue weighted by atomic mass is 9.95. The maximum Gasteiger partial charge on any atom is 0.410 e. The summed E-state index contributed by atoms with van der Waals surface area (Å²) in [4.78, 5) is 13.8. The number of nitrogens with two attached hydrogens (primary N) is 1. The van der Waals surface area contributed by atoms with Crippen molar-refractivity contribution in [2.24, 2.45) is 5.73 Å². The van der Waals surface area contributed by atoms with Gasteiger partial charge in [0.15, 0.2) is 0 Å². The summed E-state index contributed by atoms with van der Waals surface area (Å²) in [6.45, 7) is 6.43. The zero-order valence-electron chi connectivity index (χ0n) is 10.5. The van der Waals surface area contributed by atoms with Crippen molar-refractivity contribution in [3.05, 3.63) is 0 Å². The molecule has 1 heterocycles. The highest BCUT2D eigenvalue weighted by Gasteiger charge is 2.50. The number of carbonyl (C=O) groups is 1. The van der Waals surface area contributed by atoms with Crippen molar-refractivity contribution in [3.8, 4) is 0 Å². The molecule has 2 aliphatic rings. The highest BCUT2D eigenvalue weighted by molar-refractivity contribution is 5.69. The number of fused-ring (bicyclic) bond motifs is 1. The van der Waals surface area contributed by atoms with Crippen molar-refractivity contribution in [1.82, 2.24) is 4.90 Å². The molecular weight excluding hydrogens is 204 g/mol. The van der Waals surface area contributed by atoms with Crippen LogP contribution in [0.15, 0.2) is 0 Å². The number of hydrogen-bond acceptors (Lipinski definition) is 3. The summed E-state index contributed by atoms with van der Waals surface area (Å²) in [5.41, 5.74) is 5.74. The van der Waals surface area contributed by atoms with E-state index in [0.717, 1.165) is 32.2 Å². The van der Waals surface area contributed by atoms with E-state index in [1.54, 1.807) is 0 Å². The molecule has 2 rings (SSSR count). The van der Waals surface area contributed by atoms with Crippen molar-refractivity contribution in [2.45, 2.75) is 63.6 Å². The summed E-state index contributed by atoms with van der Waals surface area (Å²) >= 11 is 0. The molecule has 2 fully saturated rings. The molecule has 1 amide bonds. The Morgan fingerprint density at radius 2 is 2.12 bits per heavy atom. The van der Waals surface area contributed by atoms with Gasteiger partial charge in [0.2, 0.25) is 0 Å². The van der Waals surface area contributed by atoms with E-state index in [2.05, 4.69) is 0 Å². The van der Waals surface area contributed by atoms with Gasteiger partial charge in [-0.15, -0.1) is 0 Å². The lowest BCUT2D eigenvalue weighted by Crippen LogP contribution is -2.49. The molecule has 0 bridgehead atoms. The van der Waals surface area contributed by atoms with Gasteiger partial charge in [0, 0.05) is 12.1 Å². The van der Waals surface area contributed by atoms with Crippen molar-refractivity contribution in [2.75, 3.05) is 6.54 Å². The van der Waals surface area contributed by atoms with Crippen LogP contribution in [-0.2, 0) is 4.74 Å². The van der Waals surface area contributed by atoms with Crippen molar-refractivity contribution < 1.29 is 9.53 Å². The summed E-state index contributed by atoms with van der Waals surface area (Å²) < 4.78 is 5.41. The zero-order chi connectivity index (χ0) is 12.0. The van der Waals surface area contributed by atoms with Crippen molar-refractivity contribution >= 4 is 6.09 Å². The molecule has 0 spiro atoms. The Labute approximate surface area is 97.1 Å². The fraction of sp³-hybridized carbons (Fsp3) is 0.917. The third-order valence-electron chi connectivity index (χ3n) is 3.61. The lowest BCUT2D eigenvalue weighted by molar-refractivity contribution is 0.0211. The van der Waals surface area contributed by atoms with E-state index in [9.17, 15) is 4.79 Å². The Bertz CT molecular complexity index is 298. The Hall–Kier alpha value is -0.770. The minimum absolute atomic E-state index is 0.142. The SMILES string of the molecule is CC(C)(C)OC(=O)N1CC[C@]2(N)CCC[C@H]12. The Morgan fingerprint density at radius 3 is 2.75 bits per heavy atom. The molecule has 2 atom stereocenters. The van der Waals surface area contributed by atoms with Crippen LogP contribution in [0.1, 0.15) is 46.5 Å². The minimum atomic E-state index is -0.421. The molecular formula is C12H22N2O2. The highest BCUT2D eigenvalue weighted by atomic mass is 16.6. The molecule has 1 saturated carbocycles. The van der Waals surface area contributed by atoms with Gasteiger partial charge in [0.05, 0.1) is 6.04 Å². The largest absolute Gasteiger partial charge is 0.444 e. The van der Waals surface area contributed by atoms with Crippen LogP contribution in [0, 0.1) is 0 Å². The number of likely N-dealkylation sites (tertiary alicyclic amines) is 1. The van der Waals surface area contributed by atoms with Gasteiger partial charge in [-0.2, -0.15) is 0 Å². The normalized spacial score (nSPS) is 34.0. The predicted octanol–water partition coefficient (Wildman–Crippen LogP) is 1.88. The fourth-order valence-electron chi connectivity index (χ4n) is 2.86. The van der Waals surface area contributed by atoms with Crippen LogP contribution < -0.4 is 5.73 Å². The summed E-state index contributed by atoms with van der Waals surface area (Å²) in [7, 11) is 0.